The largest absolute Gasteiger partial charge is 0.278 e. The number of imide groups is 3. The Morgan fingerprint density at radius 1 is 0.762 bits per heavy atom. The van der Waals surface area contributed by atoms with E-state index in [0.717, 1.165) is 11.1 Å². The maximum absolute atomic E-state index is 12.2. The first kappa shape index (κ1) is 14.7. The molecule has 0 bridgehead atoms. The van der Waals surface area contributed by atoms with Gasteiger partial charge < -0.3 is 0 Å². The van der Waals surface area contributed by atoms with Crippen molar-refractivity contribution in [2.75, 3.05) is 0 Å². The zero-order chi connectivity index (χ0) is 15.4. The normalized spacial score (nSPS) is 10.0. The Kier molecular flexibility index (Phi) is 4.28. The molecule has 0 saturated carbocycles. The first-order chi connectivity index (χ1) is 10.0. The van der Waals surface area contributed by atoms with E-state index in [1.165, 1.54) is 0 Å². The fourth-order valence-electron chi connectivity index (χ4n) is 1.86. The summed E-state index contributed by atoms with van der Waals surface area (Å²) in [5, 5.41) is 0. The molecule has 0 aliphatic rings. The predicted octanol–water partition coefficient (Wildman–Crippen LogP) is 2.74. The molecule has 3 amide bonds. The summed E-state index contributed by atoms with van der Waals surface area (Å²) < 4.78 is 0. The molecule has 0 spiro atoms. The van der Waals surface area contributed by atoms with Crippen LogP contribution in [0.4, 0.5) is 0 Å². The highest BCUT2D eigenvalue weighted by molar-refractivity contribution is 6.16. The summed E-state index contributed by atoms with van der Waals surface area (Å²) >= 11 is 0. The van der Waals surface area contributed by atoms with Gasteiger partial charge in [0, 0.05) is 11.1 Å². The number of carbonyl (C=O) groups is 3. The molecule has 0 N–H and O–H groups in total. The smallest absolute Gasteiger partial charge is 0.267 e. The second-order valence-electron chi connectivity index (χ2n) is 4.82. The van der Waals surface area contributed by atoms with E-state index in [9.17, 15) is 14.4 Å². The molecule has 4 nitrogen and oxygen atoms in total. The summed E-state index contributed by atoms with van der Waals surface area (Å²) in [5.41, 5.74) is 2.59. The highest BCUT2D eigenvalue weighted by Gasteiger charge is 2.23. The zero-order valence-corrected chi connectivity index (χ0v) is 11.9. The lowest BCUT2D eigenvalue weighted by Crippen LogP contribution is -2.35. The highest BCUT2D eigenvalue weighted by atomic mass is 16.2. The van der Waals surface area contributed by atoms with E-state index in [1.807, 2.05) is 13.8 Å². The second kappa shape index (κ2) is 6.13. The maximum Gasteiger partial charge on any atom is 0.267 e. The summed E-state index contributed by atoms with van der Waals surface area (Å²) in [5.74, 6) is -1.26. The van der Waals surface area contributed by atoms with Crippen molar-refractivity contribution in [3.8, 4) is 0 Å². The van der Waals surface area contributed by atoms with E-state index >= 15 is 0 Å². The van der Waals surface area contributed by atoms with Gasteiger partial charge in [0.25, 0.3) is 11.8 Å². The lowest BCUT2D eigenvalue weighted by atomic mass is 10.1. The summed E-state index contributed by atoms with van der Waals surface area (Å²) in [4.78, 5) is 36.2. The van der Waals surface area contributed by atoms with Gasteiger partial charge in [-0.1, -0.05) is 35.4 Å². The molecule has 0 heterocycles. The number of hydrogen-bond donors (Lipinski definition) is 0. The molecule has 0 aromatic heterocycles. The molecule has 0 atom stereocenters. The van der Waals surface area contributed by atoms with Crippen molar-refractivity contribution in [2.24, 2.45) is 0 Å². The Morgan fingerprint density at radius 2 is 1.10 bits per heavy atom. The van der Waals surface area contributed by atoms with Crippen molar-refractivity contribution in [1.82, 2.24) is 4.90 Å². The van der Waals surface area contributed by atoms with Gasteiger partial charge in [-0.05, 0) is 38.1 Å². The van der Waals surface area contributed by atoms with Crippen LogP contribution >= 0.6 is 0 Å². The van der Waals surface area contributed by atoms with Crippen LogP contribution in [0, 0.1) is 13.8 Å². The average molecular weight is 281 g/mol. The Hall–Kier alpha value is -2.75. The lowest BCUT2D eigenvalue weighted by molar-refractivity contribution is -0.114. The Morgan fingerprint density at radius 3 is 1.38 bits per heavy atom. The Labute approximate surface area is 123 Å². The van der Waals surface area contributed by atoms with Crippen LogP contribution in [0.25, 0.3) is 0 Å². The van der Waals surface area contributed by atoms with Gasteiger partial charge in [0.05, 0.1) is 0 Å². The fraction of sp³-hybridized carbons (Fsp3) is 0.118. The van der Waals surface area contributed by atoms with Crippen LogP contribution in [0.5, 0.6) is 0 Å². The van der Waals surface area contributed by atoms with Gasteiger partial charge in [0.15, 0.2) is 0 Å². The molecule has 2 aromatic rings. The molecule has 2 aromatic carbocycles. The van der Waals surface area contributed by atoms with E-state index in [-0.39, 0.29) is 6.41 Å². The molecule has 106 valence electrons. The number of rotatable bonds is 3. The maximum atomic E-state index is 12.2. The van der Waals surface area contributed by atoms with Crippen LogP contribution in [0.2, 0.25) is 0 Å². The van der Waals surface area contributed by atoms with E-state index in [2.05, 4.69) is 0 Å². The summed E-state index contributed by atoms with van der Waals surface area (Å²) in [6, 6.07) is 13.4. The van der Waals surface area contributed by atoms with E-state index < -0.39 is 11.8 Å². The monoisotopic (exact) mass is 281 g/mol. The van der Waals surface area contributed by atoms with E-state index in [1.54, 1.807) is 48.5 Å². The third kappa shape index (κ3) is 3.23. The number of benzene rings is 2. The zero-order valence-electron chi connectivity index (χ0n) is 11.9. The molecule has 0 aliphatic carbocycles. The van der Waals surface area contributed by atoms with Gasteiger partial charge >= 0.3 is 0 Å². The summed E-state index contributed by atoms with van der Waals surface area (Å²) in [6.45, 7) is 3.78. The van der Waals surface area contributed by atoms with Crippen LogP contribution in [-0.2, 0) is 4.79 Å². The van der Waals surface area contributed by atoms with Gasteiger partial charge in [-0.25, -0.2) is 4.90 Å². The van der Waals surface area contributed by atoms with E-state index in [0.29, 0.717) is 16.0 Å². The van der Waals surface area contributed by atoms with Crippen molar-refractivity contribution < 1.29 is 14.4 Å². The number of carbonyl (C=O) groups excluding carboxylic acids is 3. The first-order valence-electron chi connectivity index (χ1n) is 6.49. The molecule has 0 radical (unpaired) electrons. The summed E-state index contributed by atoms with van der Waals surface area (Å²) in [7, 11) is 0. The minimum absolute atomic E-state index is 0.254. The minimum Gasteiger partial charge on any atom is -0.278 e. The van der Waals surface area contributed by atoms with Crippen molar-refractivity contribution >= 4 is 18.2 Å². The van der Waals surface area contributed by atoms with Crippen LogP contribution in [0.1, 0.15) is 31.8 Å². The van der Waals surface area contributed by atoms with Crippen LogP contribution in [0.15, 0.2) is 48.5 Å². The quantitative estimate of drug-likeness (QED) is 0.642. The number of nitrogens with zero attached hydrogens (tertiary/aromatic N) is 1. The molecule has 0 fully saturated rings. The fourth-order valence-corrected chi connectivity index (χ4v) is 1.86. The topological polar surface area (TPSA) is 54.5 Å². The average Bonchev–Trinajstić information content (AvgIpc) is 2.49. The molecule has 4 heteroatoms. The highest BCUT2D eigenvalue weighted by Crippen LogP contribution is 2.11. The van der Waals surface area contributed by atoms with Gasteiger partial charge in [0.1, 0.15) is 0 Å². The van der Waals surface area contributed by atoms with Crippen molar-refractivity contribution in [1.29, 1.82) is 0 Å². The van der Waals surface area contributed by atoms with Crippen molar-refractivity contribution in [3.05, 3.63) is 70.8 Å². The number of hydrogen-bond acceptors (Lipinski definition) is 3. The van der Waals surface area contributed by atoms with Gasteiger partial charge in [-0.3, -0.25) is 14.4 Å². The summed E-state index contributed by atoms with van der Waals surface area (Å²) in [6.07, 6.45) is 0.254. The third-order valence-corrected chi connectivity index (χ3v) is 3.14. The minimum atomic E-state index is -0.629. The molecule has 2 rings (SSSR count). The standard InChI is InChI=1S/C17H15NO3/c1-12-3-7-14(8-4-12)16(20)18(11-19)17(21)15-9-5-13(2)6-10-15/h3-11H,1-2H3. The number of aryl methyl sites for hydroxylation is 2. The van der Waals surface area contributed by atoms with Crippen LogP contribution in [-0.4, -0.2) is 23.1 Å². The lowest BCUT2D eigenvalue weighted by Gasteiger charge is -2.14. The number of amides is 3. The van der Waals surface area contributed by atoms with Gasteiger partial charge in [-0.15, -0.1) is 0 Å². The predicted molar refractivity (Wildman–Crippen MR) is 78.9 cm³/mol. The van der Waals surface area contributed by atoms with Crippen molar-refractivity contribution in [3.63, 3.8) is 0 Å². The third-order valence-electron chi connectivity index (χ3n) is 3.14. The van der Waals surface area contributed by atoms with Crippen LogP contribution < -0.4 is 0 Å². The van der Waals surface area contributed by atoms with Crippen LogP contribution in [0.3, 0.4) is 0 Å². The Bertz CT molecular complexity index is 615. The SMILES string of the molecule is Cc1ccc(C(=O)N(C=O)C(=O)c2ccc(C)cc2)cc1. The van der Waals surface area contributed by atoms with Gasteiger partial charge in [0.2, 0.25) is 6.41 Å². The second-order valence-corrected chi connectivity index (χ2v) is 4.82. The Balaban J connectivity index is 2.28. The van der Waals surface area contributed by atoms with Crippen molar-refractivity contribution in [2.45, 2.75) is 13.8 Å². The molecule has 21 heavy (non-hydrogen) atoms. The molecular formula is C17H15NO3. The molecule has 0 aliphatic heterocycles. The molecular weight excluding hydrogens is 266 g/mol. The van der Waals surface area contributed by atoms with Gasteiger partial charge in [-0.2, -0.15) is 0 Å². The first-order valence-corrected chi connectivity index (χ1v) is 6.49. The van der Waals surface area contributed by atoms with E-state index in [4.69, 9.17) is 0 Å². The molecule has 0 unspecified atom stereocenters. The molecule has 0 saturated heterocycles.